The van der Waals surface area contributed by atoms with E-state index < -0.39 is 17.3 Å². The molecule has 0 unspecified atom stereocenters. The first-order chi connectivity index (χ1) is 7.88. The van der Waals surface area contributed by atoms with Crippen LogP contribution in [0.15, 0.2) is 12.1 Å². The lowest BCUT2D eigenvalue weighted by Crippen LogP contribution is -2.24. The van der Waals surface area contributed by atoms with Gasteiger partial charge in [0, 0.05) is 12.5 Å². The number of nitrogens with zero attached hydrogens (tertiary/aromatic N) is 2. The van der Waals surface area contributed by atoms with Gasteiger partial charge >= 0.3 is 5.71 Å². The molecular weight excluding hydrogens is 216 g/mol. The van der Waals surface area contributed by atoms with Crippen molar-refractivity contribution in [3.8, 4) is 0 Å². The molecular formula is C13H14N2O2. The highest BCUT2D eigenvalue weighted by molar-refractivity contribution is 6.67. The predicted octanol–water partition coefficient (Wildman–Crippen LogP) is 2.05. The lowest BCUT2D eigenvalue weighted by molar-refractivity contribution is -0.115. The Hall–Kier alpha value is -2.06. The third kappa shape index (κ3) is 2.55. The van der Waals surface area contributed by atoms with E-state index >= 15 is 0 Å². The summed E-state index contributed by atoms with van der Waals surface area (Å²) in [4.78, 5) is 26.0. The lowest BCUT2D eigenvalue weighted by Gasteiger charge is -2.07. The number of ketones is 2. The normalized spacial score (nSPS) is 9.65. The van der Waals surface area contributed by atoms with Gasteiger partial charge in [-0.1, -0.05) is 17.7 Å². The molecule has 4 heteroatoms. The molecule has 0 fully saturated rings. The summed E-state index contributed by atoms with van der Waals surface area (Å²) < 4.78 is 0. The summed E-state index contributed by atoms with van der Waals surface area (Å²) in [6.07, 6.45) is 0. The summed E-state index contributed by atoms with van der Waals surface area (Å²) >= 11 is 0. The Morgan fingerprint density at radius 2 is 1.59 bits per heavy atom. The van der Waals surface area contributed by atoms with Crippen molar-refractivity contribution in [3.63, 3.8) is 0 Å². The van der Waals surface area contributed by atoms with Crippen molar-refractivity contribution in [2.24, 2.45) is 0 Å². The molecule has 1 aromatic rings. The number of hydrogen-bond acceptors (Lipinski definition) is 2. The number of benzene rings is 1. The van der Waals surface area contributed by atoms with E-state index in [0.29, 0.717) is 5.56 Å². The Bertz CT molecular complexity index is 530. The van der Waals surface area contributed by atoms with Crippen molar-refractivity contribution in [2.45, 2.75) is 27.7 Å². The molecule has 0 saturated carbocycles. The number of Topliss-reactive ketones (excluding diaryl/α,β-unsaturated/α-hetero) is 2. The van der Waals surface area contributed by atoms with Gasteiger partial charge in [0.25, 0.3) is 5.78 Å². The molecule has 0 saturated heterocycles. The van der Waals surface area contributed by atoms with Gasteiger partial charge in [0.15, 0.2) is 0 Å². The van der Waals surface area contributed by atoms with Crippen molar-refractivity contribution >= 4 is 17.3 Å². The molecule has 0 bridgehead atoms. The zero-order chi connectivity index (χ0) is 13.2. The molecule has 1 rings (SSSR count). The maximum atomic E-state index is 12.1. The summed E-state index contributed by atoms with van der Waals surface area (Å²) in [6.45, 7) is 6.72. The summed E-state index contributed by atoms with van der Waals surface area (Å²) in [5, 5.41) is 0. The maximum absolute atomic E-state index is 12.1. The molecule has 0 N–H and O–H groups in total. The van der Waals surface area contributed by atoms with Gasteiger partial charge in [-0.2, -0.15) is 4.79 Å². The van der Waals surface area contributed by atoms with E-state index in [2.05, 4.69) is 4.79 Å². The van der Waals surface area contributed by atoms with Gasteiger partial charge in [-0.15, -0.1) is 0 Å². The first-order valence-corrected chi connectivity index (χ1v) is 5.24. The van der Waals surface area contributed by atoms with Crippen LogP contribution in [0.4, 0.5) is 0 Å². The summed E-state index contributed by atoms with van der Waals surface area (Å²) in [5.41, 5.74) is 11.3. The minimum Gasteiger partial charge on any atom is -0.360 e. The number of aryl methyl sites for hydroxylation is 3. The van der Waals surface area contributed by atoms with Crippen LogP contribution in [0.3, 0.4) is 0 Å². The molecule has 0 aliphatic heterocycles. The Balaban J connectivity index is 3.41. The largest absolute Gasteiger partial charge is 0.404 e. The predicted molar refractivity (Wildman–Crippen MR) is 64.3 cm³/mol. The van der Waals surface area contributed by atoms with Gasteiger partial charge in [0.1, 0.15) is 0 Å². The van der Waals surface area contributed by atoms with Crippen LogP contribution in [-0.4, -0.2) is 22.1 Å². The van der Waals surface area contributed by atoms with Gasteiger partial charge in [0.2, 0.25) is 5.78 Å². The van der Waals surface area contributed by atoms with E-state index in [9.17, 15) is 9.59 Å². The highest BCUT2D eigenvalue weighted by Gasteiger charge is 2.29. The first kappa shape index (κ1) is 13.0. The quantitative estimate of drug-likeness (QED) is 0.262. The van der Waals surface area contributed by atoms with Crippen molar-refractivity contribution in [1.82, 2.24) is 0 Å². The van der Waals surface area contributed by atoms with Crippen LogP contribution < -0.4 is 0 Å². The van der Waals surface area contributed by atoms with E-state index in [1.807, 2.05) is 19.1 Å². The molecule has 0 amide bonds. The molecule has 0 aliphatic carbocycles. The second-order valence-electron chi connectivity index (χ2n) is 4.11. The first-order valence-electron chi connectivity index (χ1n) is 5.24. The van der Waals surface area contributed by atoms with Crippen LogP contribution in [0, 0.1) is 20.8 Å². The maximum Gasteiger partial charge on any atom is 0.404 e. The SMILES string of the molecule is CC(=O)C(=[N+]=[N-])C(=O)c1c(C)cc(C)cc1C. The number of hydrogen-bond donors (Lipinski definition) is 0. The van der Waals surface area contributed by atoms with Crippen LogP contribution >= 0.6 is 0 Å². The number of rotatable bonds is 3. The van der Waals surface area contributed by atoms with Gasteiger partial charge in [0.05, 0.1) is 0 Å². The van der Waals surface area contributed by atoms with Gasteiger partial charge in [-0.3, -0.25) is 9.59 Å². The molecule has 4 nitrogen and oxygen atoms in total. The molecule has 0 heterocycles. The van der Waals surface area contributed by atoms with Gasteiger partial charge in [-0.25, -0.2) is 0 Å². The Morgan fingerprint density at radius 3 is 1.94 bits per heavy atom. The van der Waals surface area contributed by atoms with Crippen LogP contribution in [0.5, 0.6) is 0 Å². The number of carbonyl (C=O) groups excluding carboxylic acids is 2. The molecule has 0 radical (unpaired) electrons. The highest BCUT2D eigenvalue weighted by atomic mass is 16.1. The van der Waals surface area contributed by atoms with Crippen molar-refractivity contribution in [1.29, 1.82) is 0 Å². The summed E-state index contributed by atoms with van der Waals surface area (Å²) in [5.74, 6) is -1.08. The smallest absolute Gasteiger partial charge is 0.360 e. The van der Waals surface area contributed by atoms with Crippen LogP contribution in [0.2, 0.25) is 0 Å². The van der Waals surface area contributed by atoms with Gasteiger partial charge in [-0.05, 0) is 31.9 Å². The Kier molecular flexibility index (Phi) is 3.71. The second kappa shape index (κ2) is 4.85. The third-order valence-corrected chi connectivity index (χ3v) is 2.55. The standard InChI is InChI=1S/C13H14N2O2/c1-7-5-8(2)11(9(3)6-7)13(17)12(15-14)10(4)16/h5-6H,1-4H3. The molecule has 0 aromatic heterocycles. The second-order valence-corrected chi connectivity index (χ2v) is 4.11. The molecule has 0 atom stereocenters. The molecule has 17 heavy (non-hydrogen) atoms. The van der Waals surface area contributed by atoms with E-state index in [1.165, 1.54) is 6.92 Å². The molecule has 1 aromatic carbocycles. The van der Waals surface area contributed by atoms with Crippen molar-refractivity contribution < 1.29 is 14.4 Å². The minimum absolute atomic E-state index is 0.429. The van der Waals surface area contributed by atoms with E-state index in [-0.39, 0.29) is 0 Å². The zero-order valence-electron chi connectivity index (χ0n) is 10.4. The monoisotopic (exact) mass is 230 g/mol. The topological polar surface area (TPSA) is 70.5 Å². The third-order valence-electron chi connectivity index (χ3n) is 2.55. The van der Waals surface area contributed by atoms with Crippen LogP contribution in [-0.2, 0) is 4.79 Å². The highest BCUT2D eigenvalue weighted by Crippen LogP contribution is 2.17. The van der Waals surface area contributed by atoms with Crippen molar-refractivity contribution in [2.75, 3.05) is 0 Å². The van der Waals surface area contributed by atoms with Gasteiger partial charge < -0.3 is 5.53 Å². The lowest BCUT2D eigenvalue weighted by atomic mass is 9.93. The van der Waals surface area contributed by atoms with Crippen LogP contribution in [0.25, 0.3) is 5.53 Å². The fourth-order valence-corrected chi connectivity index (χ4v) is 1.93. The summed E-state index contributed by atoms with van der Waals surface area (Å²) in [7, 11) is 0. The average molecular weight is 230 g/mol. The minimum atomic E-state index is -0.545. The Morgan fingerprint density at radius 1 is 1.12 bits per heavy atom. The van der Waals surface area contributed by atoms with E-state index in [0.717, 1.165) is 16.7 Å². The molecule has 88 valence electrons. The van der Waals surface area contributed by atoms with Crippen molar-refractivity contribution in [3.05, 3.63) is 39.9 Å². The average Bonchev–Trinajstić information content (AvgIpc) is 2.15. The zero-order valence-corrected chi connectivity index (χ0v) is 10.4. The fourth-order valence-electron chi connectivity index (χ4n) is 1.93. The van der Waals surface area contributed by atoms with E-state index in [1.54, 1.807) is 13.8 Å². The molecule has 0 spiro atoms. The fraction of sp³-hybridized carbons (Fsp3) is 0.308. The Labute approximate surface area is 99.9 Å². The number of carbonyl (C=O) groups is 2. The van der Waals surface area contributed by atoms with Crippen LogP contribution in [0.1, 0.15) is 34.0 Å². The molecule has 0 aliphatic rings. The van der Waals surface area contributed by atoms with E-state index in [4.69, 9.17) is 5.53 Å². The summed E-state index contributed by atoms with van der Waals surface area (Å²) in [6, 6.07) is 3.71.